The Morgan fingerprint density at radius 3 is 1.73 bits per heavy atom. The number of aromatic nitrogens is 1. The van der Waals surface area contributed by atoms with E-state index in [0.29, 0.717) is 0 Å². The summed E-state index contributed by atoms with van der Waals surface area (Å²) in [4.78, 5) is 2.44. The molecule has 1 atom stereocenters. The summed E-state index contributed by atoms with van der Waals surface area (Å²) in [5.74, 6) is 0. The third-order valence-electron chi connectivity index (χ3n) is 12.9. The molecular formula is C60H44N2. The number of para-hydroxylation sites is 2. The van der Waals surface area contributed by atoms with Crippen molar-refractivity contribution in [3.8, 4) is 39.1 Å². The van der Waals surface area contributed by atoms with Crippen LogP contribution in [0.2, 0.25) is 0 Å². The van der Waals surface area contributed by atoms with Gasteiger partial charge in [-0.3, -0.25) is 0 Å². The van der Waals surface area contributed by atoms with Crippen LogP contribution in [-0.2, 0) is 5.41 Å². The van der Waals surface area contributed by atoms with Gasteiger partial charge in [-0.05, 0) is 117 Å². The highest BCUT2D eigenvalue weighted by atomic mass is 15.1. The van der Waals surface area contributed by atoms with E-state index >= 15 is 0 Å². The molecule has 1 aliphatic carbocycles. The van der Waals surface area contributed by atoms with Crippen LogP contribution in [0.5, 0.6) is 0 Å². The van der Waals surface area contributed by atoms with Crippen LogP contribution in [0.4, 0.5) is 17.1 Å². The smallest absolute Gasteiger partial charge is 0.0714 e. The SMILES string of the molecule is C=Cc1c(C)c2ccccc2n1-c1ccc(C2(c3ccccc3)c3ccccc3-c3ccc(N(c4ccc(-c5ccccc5)cc4)c4ccccc4-c4ccccc4)cc32)cc1. The molecule has 294 valence electrons. The molecule has 0 aliphatic heterocycles. The third kappa shape index (κ3) is 5.87. The lowest BCUT2D eigenvalue weighted by Crippen LogP contribution is -2.29. The Morgan fingerprint density at radius 2 is 1.00 bits per heavy atom. The van der Waals surface area contributed by atoms with Crippen molar-refractivity contribution in [3.05, 3.63) is 271 Å². The van der Waals surface area contributed by atoms with Gasteiger partial charge in [0.1, 0.15) is 0 Å². The van der Waals surface area contributed by atoms with Crippen molar-refractivity contribution in [2.45, 2.75) is 12.3 Å². The molecule has 62 heavy (non-hydrogen) atoms. The minimum absolute atomic E-state index is 0.598. The molecule has 1 heterocycles. The molecule has 11 rings (SSSR count). The Morgan fingerprint density at radius 1 is 0.452 bits per heavy atom. The highest BCUT2D eigenvalue weighted by molar-refractivity contribution is 5.93. The first-order valence-electron chi connectivity index (χ1n) is 21.4. The Balaban J connectivity index is 1.14. The van der Waals surface area contributed by atoms with Gasteiger partial charge in [-0.15, -0.1) is 0 Å². The summed E-state index contributed by atoms with van der Waals surface area (Å²) in [6, 6.07) is 84.3. The van der Waals surface area contributed by atoms with Crippen molar-refractivity contribution in [1.29, 1.82) is 0 Å². The number of anilines is 3. The minimum Gasteiger partial charge on any atom is -0.310 e. The molecule has 0 bridgehead atoms. The average Bonchev–Trinajstić information content (AvgIpc) is 3.81. The number of rotatable bonds is 9. The lowest BCUT2D eigenvalue weighted by atomic mass is 9.67. The quantitative estimate of drug-likeness (QED) is 0.141. The van der Waals surface area contributed by atoms with Crippen LogP contribution in [0, 0.1) is 6.92 Å². The molecule has 1 unspecified atom stereocenters. The summed E-state index contributed by atoms with van der Waals surface area (Å²) in [5, 5.41) is 1.24. The van der Waals surface area contributed by atoms with E-state index in [1.54, 1.807) is 0 Å². The fraction of sp³-hybridized carbons (Fsp3) is 0.0333. The standard InChI is InChI=1S/C60H44N2/c1-3-57-42(2)51-25-14-17-29-58(51)62(57)49-37-33-47(34-38-49)60(46-23-11-6-12-24-46)55-28-16-13-27-53(55)54-40-39-50(41-56(54)60)61(48-35-31-44(32-36-48)43-19-7-4-8-20-43)59-30-18-15-26-52(59)45-21-9-5-10-22-45/h3-41H,1H2,2H3. The molecule has 1 aromatic heterocycles. The Labute approximate surface area is 364 Å². The summed E-state index contributed by atoms with van der Waals surface area (Å²) in [5.41, 5.74) is 19.5. The van der Waals surface area contributed by atoms with Crippen molar-refractivity contribution in [3.63, 3.8) is 0 Å². The Hall–Kier alpha value is -7.94. The monoisotopic (exact) mass is 792 g/mol. The zero-order valence-corrected chi connectivity index (χ0v) is 34.6. The number of hydrogen-bond acceptors (Lipinski definition) is 1. The summed E-state index contributed by atoms with van der Waals surface area (Å²) in [6.07, 6.45) is 1.98. The van der Waals surface area contributed by atoms with Crippen LogP contribution in [0.15, 0.2) is 237 Å². The predicted molar refractivity (Wildman–Crippen MR) is 261 cm³/mol. The molecule has 0 amide bonds. The van der Waals surface area contributed by atoms with Gasteiger partial charge in [0.15, 0.2) is 0 Å². The van der Waals surface area contributed by atoms with Crippen molar-refractivity contribution in [2.24, 2.45) is 0 Å². The van der Waals surface area contributed by atoms with E-state index in [0.717, 1.165) is 28.4 Å². The van der Waals surface area contributed by atoms with E-state index in [1.165, 1.54) is 72.1 Å². The minimum atomic E-state index is -0.598. The maximum Gasteiger partial charge on any atom is 0.0714 e. The highest BCUT2D eigenvalue weighted by Crippen LogP contribution is 2.57. The van der Waals surface area contributed by atoms with Gasteiger partial charge in [0.2, 0.25) is 0 Å². The van der Waals surface area contributed by atoms with Gasteiger partial charge in [-0.1, -0.05) is 189 Å². The fourth-order valence-electron chi connectivity index (χ4n) is 10.1. The summed E-state index contributed by atoms with van der Waals surface area (Å²) >= 11 is 0. The van der Waals surface area contributed by atoms with E-state index in [1.807, 2.05) is 6.08 Å². The molecule has 2 nitrogen and oxygen atoms in total. The maximum absolute atomic E-state index is 4.24. The molecule has 1 aliphatic rings. The third-order valence-corrected chi connectivity index (χ3v) is 12.9. The van der Waals surface area contributed by atoms with Gasteiger partial charge in [-0.25, -0.2) is 0 Å². The number of fused-ring (bicyclic) bond motifs is 4. The van der Waals surface area contributed by atoms with Gasteiger partial charge in [0.25, 0.3) is 0 Å². The molecular weight excluding hydrogens is 749 g/mol. The average molecular weight is 793 g/mol. The molecule has 0 N–H and O–H groups in total. The first-order chi connectivity index (χ1) is 30.6. The lowest BCUT2D eigenvalue weighted by Gasteiger charge is -2.35. The van der Waals surface area contributed by atoms with Crippen LogP contribution >= 0.6 is 0 Å². The molecule has 2 heteroatoms. The largest absolute Gasteiger partial charge is 0.310 e. The van der Waals surface area contributed by atoms with E-state index in [4.69, 9.17) is 0 Å². The lowest BCUT2D eigenvalue weighted by molar-refractivity contribution is 0.768. The summed E-state index contributed by atoms with van der Waals surface area (Å²) in [7, 11) is 0. The van der Waals surface area contributed by atoms with Gasteiger partial charge in [0, 0.05) is 33.7 Å². The normalized spacial score (nSPS) is 14.0. The zero-order valence-electron chi connectivity index (χ0n) is 34.6. The molecule has 0 saturated heterocycles. The number of nitrogens with zero attached hydrogens (tertiary/aromatic N) is 2. The van der Waals surface area contributed by atoms with Gasteiger partial charge in [0.05, 0.1) is 16.6 Å². The van der Waals surface area contributed by atoms with E-state index in [-0.39, 0.29) is 0 Å². The van der Waals surface area contributed by atoms with Crippen LogP contribution in [0.25, 0.3) is 56.0 Å². The molecule has 0 fully saturated rings. The van der Waals surface area contributed by atoms with E-state index < -0.39 is 5.41 Å². The van der Waals surface area contributed by atoms with Crippen LogP contribution in [-0.4, -0.2) is 4.57 Å². The Bertz CT molecular complexity index is 3230. The van der Waals surface area contributed by atoms with Crippen molar-refractivity contribution in [2.75, 3.05) is 4.90 Å². The molecule has 9 aromatic carbocycles. The van der Waals surface area contributed by atoms with Gasteiger partial charge in [-0.2, -0.15) is 0 Å². The van der Waals surface area contributed by atoms with E-state index in [2.05, 4.69) is 253 Å². The van der Waals surface area contributed by atoms with E-state index in [9.17, 15) is 0 Å². The van der Waals surface area contributed by atoms with Gasteiger partial charge < -0.3 is 9.47 Å². The second kappa shape index (κ2) is 15.3. The van der Waals surface area contributed by atoms with Crippen molar-refractivity contribution >= 4 is 34.0 Å². The second-order valence-electron chi connectivity index (χ2n) is 16.1. The molecule has 0 saturated carbocycles. The summed E-state index contributed by atoms with van der Waals surface area (Å²) < 4.78 is 2.34. The second-order valence-corrected chi connectivity index (χ2v) is 16.1. The maximum atomic E-state index is 4.24. The van der Waals surface area contributed by atoms with Crippen LogP contribution in [0.1, 0.15) is 33.5 Å². The Kier molecular flexibility index (Phi) is 9.13. The van der Waals surface area contributed by atoms with Gasteiger partial charge >= 0.3 is 0 Å². The van der Waals surface area contributed by atoms with Crippen LogP contribution < -0.4 is 4.90 Å². The number of hydrogen-bond donors (Lipinski definition) is 0. The number of aryl methyl sites for hydroxylation is 1. The highest BCUT2D eigenvalue weighted by Gasteiger charge is 2.46. The topological polar surface area (TPSA) is 8.17 Å². The molecule has 0 spiro atoms. The molecule has 10 aromatic rings. The number of benzene rings is 9. The van der Waals surface area contributed by atoms with Crippen molar-refractivity contribution in [1.82, 2.24) is 4.57 Å². The van der Waals surface area contributed by atoms with Crippen molar-refractivity contribution < 1.29 is 0 Å². The molecule has 0 radical (unpaired) electrons. The zero-order chi connectivity index (χ0) is 41.6. The first-order valence-corrected chi connectivity index (χ1v) is 21.4. The first kappa shape index (κ1) is 37.1. The predicted octanol–water partition coefficient (Wildman–Crippen LogP) is 15.7. The summed E-state index contributed by atoms with van der Waals surface area (Å²) in [6.45, 7) is 6.43. The van der Waals surface area contributed by atoms with Crippen LogP contribution in [0.3, 0.4) is 0 Å². The fourth-order valence-corrected chi connectivity index (χ4v) is 10.1.